The van der Waals surface area contributed by atoms with E-state index in [4.69, 9.17) is 0 Å². The Labute approximate surface area is 150 Å². The van der Waals surface area contributed by atoms with Gasteiger partial charge in [-0.05, 0) is 62.9 Å². The number of aryl methyl sites for hydroxylation is 2. The fraction of sp³-hybridized carbons (Fsp3) is 0.500. The summed E-state index contributed by atoms with van der Waals surface area (Å²) in [5.41, 5.74) is 6.94. The molecule has 2 fully saturated rings. The van der Waals surface area contributed by atoms with Gasteiger partial charge in [0.15, 0.2) is 0 Å². The second-order valence-corrected chi connectivity index (χ2v) is 8.33. The second kappa shape index (κ2) is 5.57. The number of piperidine rings is 1. The van der Waals surface area contributed by atoms with Crippen LogP contribution in [0.2, 0.25) is 0 Å². The Balaban J connectivity index is 1.46. The molecule has 1 saturated carbocycles. The molecule has 2 aliphatic heterocycles. The van der Waals surface area contributed by atoms with Crippen LogP contribution >= 0.6 is 0 Å². The van der Waals surface area contributed by atoms with Gasteiger partial charge >= 0.3 is 0 Å². The summed E-state index contributed by atoms with van der Waals surface area (Å²) in [4.78, 5) is 9.81. The first-order valence-electron chi connectivity index (χ1n) is 9.61. The number of hydrogen-bond acceptors (Lipinski definition) is 3. The zero-order valence-corrected chi connectivity index (χ0v) is 15.4. The SMILES string of the molecule is Cc1ccc2c(c1)C1C3CC(CN3C)C1N2CCc1ccc(C)nc1. The highest BCUT2D eigenvalue weighted by Gasteiger charge is 2.56. The van der Waals surface area contributed by atoms with Gasteiger partial charge in [0.25, 0.3) is 0 Å². The third kappa shape index (κ3) is 2.32. The van der Waals surface area contributed by atoms with Gasteiger partial charge in [-0.2, -0.15) is 0 Å². The maximum absolute atomic E-state index is 4.47. The Morgan fingerprint density at radius 1 is 1.16 bits per heavy atom. The first-order valence-corrected chi connectivity index (χ1v) is 9.61. The highest BCUT2D eigenvalue weighted by Crippen LogP contribution is 2.56. The Bertz CT molecular complexity index is 797. The van der Waals surface area contributed by atoms with Crippen LogP contribution in [0.3, 0.4) is 0 Å². The number of pyridine rings is 1. The number of likely N-dealkylation sites (tertiary alicyclic amines) is 1. The topological polar surface area (TPSA) is 19.4 Å². The molecule has 1 aromatic heterocycles. The molecular formula is C22H27N3. The fourth-order valence-corrected chi connectivity index (χ4v) is 5.63. The van der Waals surface area contributed by atoms with Crippen LogP contribution in [-0.4, -0.2) is 42.1 Å². The van der Waals surface area contributed by atoms with Crippen molar-refractivity contribution in [2.75, 3.05) is 25.0 Å². The standard InChI is InChI=1S/C22H27N3/c1-14-4-7-19-18(10-14)21-20-11-17(13-24(20)3)22(21)25(19)9-8-16-6-5-15(2)23-12-16/h4-7,10,12,17,20-22H,8-9,11,13H2,1-3H3. The summed E-state index contributed by atoms with van der Waals surface area (Å²) in [6.45, 7) is 6.66. The quantitative estimate of drug-likeness (QED) is 0.856. The van der Waals surface area contributed by atoms with Gasteiger partial charge in [0.05, 0.1) is 0 Å². The van der Waals surface area contributed by atoms with E-state index in [0.29, 0.717) is 12.0 Å². The predicted octanol–water partition coefficient (Wildman–Crippen LogP) is 3.55. The van der Waals surface area contributed by atoms with Crippen LogP contribution in [0.25, 0.3) is 0 Å². The Morgan fingerprint density at radius 2 is 2.04 bits per heavy atom. The summed E-state index contributed by atoms with van der Waals surface area (Å²) in [6.07, 6.45) is 4.51. The van der Waals surface area contributed by atoms with Gasteiger partial charge in [-0.3, -0.25) is 4.98 Å². The van der Waals surface area contributed by atoms with E-state index in [2.05, 4.69) is 66.0 Å². The third-order valence-corrected chi connectivity index (χ3v) is 6.72. The molecule has 0 radical (unpaired) electrons. The highest BCUT2D eigenvalue weighted by molar-refractivity contribution is 5.65. The number of hydrogen-bond donors (Lipinski definition) is 0. The van der Waals surface area contributed by atoms with Gasteiger partial charge in [0.2, 0.25) is 0 Å². The maximum atomic E-state index is 4.47. The maximum Gasteiger partial charge on any atom is 0.0415 e. The minimum Gasteiger partial charge on any atom is -0.367 e. The Morgan fingerprint density at radius 3 is 2.84 bits per heavy atom. The van der Waals surface area contributed by atoms with Crippen LogP contribution < -0.4 is 4.90 Å². The van der Waals surface area contributed by atoms with Crippen LogP contribution in [0.15, 0.2) is 36.5 Å². The Hall–Kier alpha value is -1.87. The minimum absolute atomic E-state index is 0.704. The van der Waals surface area contributed by atoms with Gasteiger partial charge in [-0.15, -0.1) is 0 Å². The molecule has 2 bridgehead atoms. The molecule has 5 rings (SSSR count). The van der Waals surface area contributed by atoms with Gasteiger partial charge < -0.3 is 9.80 Å². The van der Waals surface area contributed by atoms with Crippen molar-refractivity contribution >= 4 is 5.69 Å². The zero-order valence-electron chi connectivity index (χ0n) is 15.4. The number of anilines is 1. The number of rotatable bonds is 3. The lowest BCUT2D eigenvalue weighted by molar-refractivity contribution is 0.218. The smallest absolute Gasteiger partial charge is 0.0415 e. The second-order valence-electron chi connectivity index (χ2n) is 8.33. The van der Waals surface area contributed by atoms with Crippen molar-refractivity contribution < 1.29 is 0 Å². The van der Waals surface area contributed by atoms with Crippen molar-refractivity contribution in [1.29, 1.82) is 0 Å². The van der Waals surface area contributed by atoms with E-state index in [0.717, 1.165) is 30.6 Å². The van der Waals surface area contributed by atoms with Gasteiger partial charge in [-0.25, -0.2) is 0 Å². The molecule has 3 nitrogen and oxygen atoms in total. The third-order valence-electron chi connectivity index (χ3n) is 6.72. The molecule has 0 N–H and O–H groups in total. The fourth-order valence-electron chi connectivity index (χ4n) is 5.63. The molecule has 4 atom stereocenters. The lowest BCUT2D eigenvalue weighted by atomic mass is 9.89. The molecule has 3 aliphatic rings. The normalized spacial score (nSPS) is 30.0. The van der Waals surface area contributed by atoms with Gasteiger partial charge in [0.1, 0.15) is 0 Å². The van der Waals surface area contributed by atoms with E-state index >= 15 is 0 Å². The summed E-state index contributed by atoms with van der Waals surface area (Å²) in [7, 11) is 2.32. The van der Waals surface area contributed by atoms with E-state index in [-0.39, 0.29) is 0 Å². The number of benzene rings is 1. The molecule has 1 aliphatic carbocycles. The van der Waals surface area contributed by atoms with Crippen LogP contribution in [0.1, 0.15) is 34.7 Å². The first kappa shape index (κ1) is 15.4. The largest absolute Gasteiger partial charge is 0.367 e. The van der Waals surface area contributed by atoms with Crippen LogP contribution in [0.4, 0.5) is 5.69 Å². The lowest BCUT2D eigenvalue weighted by Crippen LogP contribution is -2.46. The van der Waals surface area contributed by atoms with E-state index in [9.17, 15) is 0 Å². The van der Waals surface area contributed by atoms with Crippen molar-refractivity contribution in [3.05, 3.63) is 58.9 Å². The van der Waals surface area contributed by atoms with E-state index < -0.39 is 0 Å². The molecule has 3 heterocycles. The average Bonchev–Trinajstić information content (AvgIpc) is 3.23. The molecule has 1 aromatic carbocycles. The molecule has 25 heavy (non-hydrogen) atoms. The predicted molar refractivity (Wildman–Crippen MR) is 102 cm³/mol. The van der Waals surface area contributed by atoms with E-state index in [1.54, 1.807) is 5.56 Å². The number of fused-ring (bicyclic) bond motifs is 7. The Kier molecular flexibility index (Phi) is 3.43. The molecule has 1 saturated heterocycles. The van der Waals surface area contributed by atoms with Gasteiger partial charge in [0, 0.05) is 48.7 Å². The van der Waals surface area contributed by atoms with Crippen molar-refractivity contribution in [1.82, 2.24) is 9.88 Å². The lowest BCUT2D eigenvalue weighted by Gasteiger charge is -2.37. The highest BCUT2D eigenvalue weighted by atomic mass is 15.3. The molecule has 2 aromatic rings. The molecular weight excluding hydrogens is 306 g/mol. The monoisotopic (exact) mass is 333 g/mol. The summed E-state index contributed by atoms with van der Waals surface area (Å²) in [6, 6.07) is 12.9. The van der Waals surface area contributed by atoms with Crippen molar-refractivity contribution in [2.45, 2.75) is 44.7 Å². The average molecular weight is 333 g/mol. The summed E-state index contributed by atoms with van der Waals surface area (Å²) in [5.74, 6) is 1.53. The summed E-state index contributed by atoms with van der Waals surface area (Å²) >= 11 is 0. The molecule has 3 heteroatoms. The number of likely N-dealkylation sites (N-methyl/N-ethyl adjacent to an activating group) is 1. The van der Waals surface area contributed by atoms with Crippen molar-refractivity contribution in [2.24, 2.45) is 5.92 Å². The van der Waals surface area contributed by atoms with E-state index in [1.165, 1.54) is 29.8 Å². The van der Waals surface area contributed by atoms with E-state index in [1.807, 2.05) is 6.20 Å². The molecule has 0 spiro atoms. The first-order chi connectivity index (χ1) is 12.1. The minimum atomic E-state index is 0.704. The number of nitrogens with zero attached hydrogens (tertiary/aromatic N) is 3. The molecule has 130 valence electrons. The summed E-state index contributed by atoms with van der Waals surface area (Å²) in [5, 5.41) is 0. The summed E-state index contributed by atoms with van der Waals surface area (Å²) < 4.78 is 0. The van der Waals surface area contributed by atoms with Crippen molar-refractivity contribution in [3.63, 3.8) is 0 Å². The zero-order chi connectivity index (χ0) is 17.1. The molecule has 4 unspecified atom stereocenters. The molecule has 0 amide bonds. The van der Waals surface area contributed by atoms with Gasteiger partial charge in [-0.1, -0.05) is 23.8 Å². The van der Waals surface area contributed by atoms with Crippen molar-refractivity contribution in [3.8, 4) is 0 Å². The number of aromatic nitrogens is 1. The van der Waals surface area contributed by atoms with Crippen LogP contribution in [0, 0.1) is 19.8 Å². The van der Waals surface area contributed by atoms with Crippen LogP contribution in [-0.2, 0) is 6.42 Å². The van der Waals surface area contributed by atoms with Crippen LogP contribution in [0.5, 0.6) is 0 Å².